The first-order valence-corrected chi connectivity index (χ1v) is 6.80. The number of rotatable bonds is 4. The average Bonchev–Trinajstić information content (AvgIpc) is 2.40. The fourth-order valence-electron chi connectivity index (χ4n) is 2.38. The van der Waals surface area contributed by atoms with E-state index in [9.17, 15) is 4.79 Å². The number of carboxylic acid groups (broad SMARTS) is 1. The molecule has 0 atom stereocenters. The van der Waals surface area contributed by atoms with Crippen molar-refractivity contribution in [3.05, 3.63) is 29.8 Å². The third-order valence-electron chi connectivity index (χ3n) is 3.61. The lowest BCUT2D eigenvalue weighted by atomic mass is 10.1. The maximum atomic E-state index is 10.8. The predicted octanol–water partition coefficient (Wildman–Crippen LogP) is 2.64. The SMILES string of the molecule is CC(C)N1CCC(Oc2ccc(C(=O)O)cc2)CC1. The zero-order valence-corrected chi connectivity index (χ0v) is 11.5. The van der Waals surface area contributed by atoms with Gasteiger partial charge in [0.25, 0.3) is 0 Å². The molecule has 1 heterocycles. The van der Waals surface area contributed by atoms with Crippen LogP contribution in [-0.4, -0.2) is 41.2 Å². The van der Waals surface area contributed by atoms with Crippen LogP contribution in [0.1, 0.15) is 37.0 Å². The van der Waals surface area contributed by atoms with Gasteiger partial charge in [0, 0.05) is 19.1 Å². The first-order valence-electron chi connectivity index (χ1n) is 6.80. The van der Waals surface area contributed by atoms with Gasteiger partial charge in [0.2, 0.25) is 0 Å². The second kappa shape index (κ2) is 6.06. The third kappa shape index (κ3) is 3.70. The largest absolute Gasteiger partial charge is 0.490 e. The van der Waals surface area contributed by atoms with Gasteiger partial charge in [0.05, 0.1) is 5.56 Å². The number of nitrogens with zero attached hydrogens (tertiary/aromatic N) is 1. The quantitative estimate of drug-likeness (QED) is 0.907. The number of aromatic carboxylic acids is 1. The molecule has 0 radical (unpaired) electrons. The summed E-state index contributed by atoms with van der Waals surface area (Å²) in [4.78, 5) is 13.2. The maximum absolute atomic E-state index is 10.8. The van der Waals surface area contributed by atoms with E-state index in [-0.39, 0.29) is 6.10 Å². The van der Waals surface area contributed by atoms with E-state index >= 15 is 0 Å². The van der Waals surface area contributed by atoms with E-state index in [0.29, 0.717) is 11.6 Å². The van der Waals surface area contributed by atoms with Crippen molar-refractivity contribution in [1.82, 2.24) is 4.90 Å². The molecular formula is C15H21NO3. The summed E-state index contributed by atoms with van der Waals surface area (Å²) in [5.41, 5.74) is 0.293. The lowest BCUT2D eigenvalue weighted by molar-refractivity contribution is 0.0696. The van der Waals surface area contributed by atoms with Crippen LogP contribution in [-0.2, 0) is 0 Å². The molecule has 1 fully saturated rings. The van der Waals surface area contributed by atoms with Crippen LogP contribution in [0.4, 0.5) is 0 Å². The molecule has 0 aliphatic carbocycles. The van der Waals surface area contributed by atoms with E-state index in [4.69, 9.17) is 9.84 Å². The third-order valence-corrected chi connectivity index (χ3v) is 3.61. The van der Waals surface area contributed by atoms with E-state index < -0.39 is 5.97 Å². The Balaban J connectivity index is 1.87. The summed E-state index contributed by atoms with van der Waals surface area (Å²) >= 11 is 0. The zero-order valence-electron chi connectivity index (χ0n) is 11.5. The number of hydrogen-bond donors (Lipinski definition) is 1. The highest BCUT2D eigenvalue weighted by Gasteiger charge is 2.21. The number of ether oxygens (including phenoxy) is 1. The summed E-state index contributed by atoms with van der Waals surface area (Å²) in [6.07, 6.45) is 2.29. The molecule has 0 bridgehead atoms. The molecule has 0 aromatic heterocycles. The zero-order chi connectivity index (χ0) is 13.8. The van der Waals surface area contributed by atoms with E-state index in [1.807, 2.05) is 0 Å². The highest BCUT2D eigenvalue weighted by molar-refractivity contribution is 5.87. The van der Waals surface area contributed by atoms with Crippen molar-refractivity contribution in [3.63, 3.8) is 0 Å². The molecule has 1 aromatic rings. The minimum absolute atomic E-state index is 0.241. The van der Waals surface area contributed by atoms with Crippen molar-refractivity contribution < 1.29 is 14.6 Å². The highest BCUT2D eigenvalue weighted by Crippen LogP contribution is 2.20. The van der Waals surface area contributed by atoms with Gasteiger partial charge in [-0.05, 0) is 51.0 Å². The van der Waals surface area contributed by atoms with Crippen molar-refractivity contribution in [2.75, 3.05) is 13.1 Å². The minimum atomic E-state index is -0.906. The Hall–Kier alpha value is -1.55. The normalized spacial score (nSPS) is 17.6. The number of piperidine rings is 1. The van der Waals surface area contributed by atoms with Crippen LogP contribution >= 0.6 is 0 Å². The molecule has 0 amide bonds. The summed E-state index contributed by atoms with van der Waals surface area (Å²) in [7, 11) is 0. The first-order chi connectivity index (χ1) is 9.06. The summed E-state index contributed by atoms with van der Waals surface area (Å²) < 4.78 is 5.90. The van der Waals surface area contributed by atoms with Gasteiger partial charge in [-0.15, -0.1) is 0 Å². The Bertz CT molecular complexity index is 420. The van der Waals surface area contributed by atoms with Crippen LogP contribution in [0, 0.1) is 0 Å². The van der Waals surface area contributed by atoms with Gasteiger partial charge in [0.15, 0.2) is 0 Å². The number of benzene rings is 1. The Morgan fingerprint density at radius 1 is 1.26 bits per heavy atom. The molecule has 4 heteroatoms. The van der Waals surface area contributed by atoms with Crippen LogP contribution in [0.5, 0.6) is 5.75 Å². The van der Waals surface area contributed by atoms with Gasteiger partial charge in [0.1, 0.15) is 11.9 Å². The average molecular weight is 263 g/mol. The molecule has 1 aliphatic rings. The number of hydrogen-bond acceptors (Lipinski definition) is 3. The van der Waals surface area contributed by atoms with Crippen molar-refractivity contribution in [1.29, 1.82) is 0 Å². The van der Waals surface area contributed by atoms with Gasteiger partial charge >= 0.3 is 5.97 Å². The van der Waals surface area contributed by atoms with Crippen molar-refractivity contribution in [2.24, 2.45) is 0 Å². The fraction of sp³-hybridized carbons (Fsp3) is 0.533. The molecule has 0 unspecified atom stereocenters. The molecule has 1 saturated heterocycles. The van der Waals surface area contributed by atoms with Crippen LogP contribution in [0.25, 0.3) is 0 Å². The van der Waals surface area contributed by atoms with E-state index in [0.717, 1.165) is 31.7 Å². The van der Waals surface area contributed by atoms with Gasteiger partial charge in [-0.1, -0.05) is 0 Å². The van der Waals surface area contributed by atoms with Crippen LogP contribution < -0.4 is 4.74 Å². The molecule has 104 valence electrons. The van der Waals surface area contributed by atoms with Crippen LogP contribution in [0.3, 0.4) is 0 Å². The van der Waals surface area contributed by atoms with Crippen LogP contribution in [0.15, 0.2) is 24.3 Å². The predicted molar refractivity (Wildman–Crippen MR) is 73.8 cm³/mol. The van der Waals surface area contributed by atoms with Gasteiger partial charge < -0.3 is 14.7 Å². The Kier molecular flexibility index (Phi) is 4.43. The molecule has 1 aromatic carbocycles. The molecular weight excluding hydrogens is 242 g/mol. The first kappa shape index (κ1) is 13.9. The Morgan fingerprint density at radius 2 is 1.84 bits per heavy atom. The standard InChI is InChI=1S/C15H21NO3/c1-11(2)16-9-7-14(8-10-16)19-13-5-3-12(4-6-13)15(17)18/h3-6,11,14H,7-10H2,1-2H3,(H,17,18). The second-order valence-corrected chi connectivity index (χ2v) is 5.28. The topological polar surface area (TPSA) is 49.8 Å². The fourth-order valence-corrected chi connectivity index (χ4v) is 2.38. The number of likely N-dealkylation sites (tertiary alicyclic amines) is 1. The van der Waals surface area contributed by atoms with Crippen molar-refractivity contribution >= 4 is 5.97 Å². The highest BCUT2D eigenvalue weighted by atomic mass is 16.5. The molecule has 0 spiro atoms. The lowest BCUT2D eigenvalue weighted by Gasteiger charge is -2.34. The van der Waals surface area contributed by atoms with Crippen LogP contribution in [0.2, 0.25) is 0 Å². The Labute approximate surface area is 114 Å². The lowest BCUT2D eigenvalue weighted by Crippen LogP contribution is -2.41. The summed E-state index contributed by atoms with van der Waals surface area (Å²) in [6.45, 7) is 6.56. The van der Waals surface area contributed by atoms with Gasteiger partial charge in [-0.25, -0.2) is 4.79 Å². The maximum Gasteiger partial charge on any atom is 0.335 e. The van der Waals surface area contributed by atoms with E-state index in [2.05, 4.69) is 18.7 Å². The van der Waals surface area contributed by atoms with Gasteiger partial charge in [-0.3, -0.25) is 0 Å². The second-order valence-electron chi connectivity index (χ2n) is 5.28. The molecule has 1 N–H and O–H groups in total. The van der Waals surface area contributed by atoms with Gasteiger partial charge in [-0.2, -0.15) is 0 Å². The number of carbonyl (C=O) groups is 1. The smallest absolute Gasteiger partial charge is 0.335 e. The summed E-state index contributed by atoms with van der Waals surface area (Å²) in [6, 6.07) is 7.23. The molecule has 1 aliphatic heterocycles. The molecule has 0 saturated carbocycles. The van der Waals surface area contributed by atoms with E-state index in [1.54, 1.807) is 24.3 Å². The summed E-state index contributed by atoms with van der Waals surface area (Å²) in [5, 5.41) is 8.83. The van der Waals surface area contributed by atoms with Crippen molar-refractivity contribution in [2.45, 2.75) is 38.8 Å². The molecule has 4 nitrogen and oxygen atoms in total. The Morgan fingerprint density at radius 3 is 2.32 bits per heavy atom. The van der Waals surface area contributed by atoms with E-state index in [1.165, 1.54) is 0 Å². The monoisotopic (exact) mass is 263 g/mol. The number of carboxylic acids is 1. The minimum Gasteiger partial charge on any atom is -0.490 e. The molecule has 19 heavy (non-hydrogen) atoms. The molecule has 2 rings (SSSR count). The van der Waals surface area contributed by atoms with Crippen molar-refractivity contribution in [3.8, 4) is 5.75 Å². The summed E-state index contributed by atoms with van der Waals surface area (Å²) in [5.74, 6) is -0.148.